The van der Waals surface area contributed by atoms with Crippen LogP contribution in [0.15, 0.2) is 41.2 Å². The van der Waals surface area contributed by atoms with E-state index >= 15 is 0 Å². The highest BCUT2D eigenvalue weighted by Gasteiger charge is 2.17. The average Bonchev–Trinajstić information content (AvgIpc) is 2.68. The molecule has 28 heavy (non-hydrogen) atoms. The van der Waals surface area contributed by atoms with Gasteiger partial charge in [-0.15, -0.1) is 0 Å². The van der Waals surface area contributed by atoms with Gasteiger partial charge in [-0.3, -0.25) is 4.79 Å². The number of pyridine rings is 1. The number of hydrogen-bond donors (Lipinski definition) is 0. The number of esters is 1. The number of halogens is 1. The molecule has 0 N–H and O–H groups in total. The van der Waals surface area contributed by atoms with Crippen molar-refractivity contribution in [2.24, 2.45) is 7.05 Å². The summed E-state index contributed by atoms with van der Waals surface area (Å²) in [7, 11) is 3.01. The molecular weight excluding hydrogens is 361 g/mol. The molecule has 0 bridgehead atoms. The van der Waals surface area contributed by atoms with Gasteiger partial charge in [-0.25, -0.2) is 9.18 Å². The summed E-state index contributed by atoms with van der Waals surface area (Å²) >= 11 is 0. The Hall–Kier alpha value is -3.15. The first-order chi connectivity index (χ1) is 13.3. The van der Waals surface area contributed by atoms with Crippen molar-refractivity contribution in [3.05, 3.63) is 74.8 Å². The Bertz CT molecular complexity index is 1100. The minimum absolute atomic E-state index is 0.112. The highest BCUT2D eigenvalue weighted by Crippen LogP contribution is 2.31. The number of hydrogen-bond acceptors (Lipinski definition) is 4. The molecule has 0 spiro atoms. The molecule has 0 radical (unpaired) electrons. The van der Waals surface area contributed by atoms with Crippen LogP contribution in [0.2, 0.25) is 0 Å². The van der Waals surface area contributed by atoms with Gasteiger partial charge in [0.15, 0.2) is 6.61 Å². The van der Waals surface area contributed by atoms with Crippen molar-refractivity contribution in [2.75, 3.05) is 13.7 Å². The van der Waals surface area contributed by atoms with E-state index in [1.165, 1.54) is 19.2 Å². The molecule has 6 heteroatoms. The van der Waals surface area contributed by atoms with Gasteiger partial charge in [0.2, 0.25) is 0 Å². The normalized spacial score (nSPS) is 10.9. The van der Waals surface area contributed by atoms with E-state index in [9.17, 15) is 14.0 Å². The Morgan fingerprint density at radius 1 is 1.14 bits per heavy atom. The summed E-state index contributed by atoms with van der Waals surface area (Å²) in [4.78, 5) is 24.5. The molecule has 0 aliphatic carbocycles. The Morgan fingerprint density at radius 2 is 1.82 bits per heavy atom. The fraction of sp³-hybridized carbons (Fsp3) is 0.273. The molecule has 0 saturated heterocycles. The lowest BCUT2D eigenvalue weighted by atomic mass is 9.97. The minimum Gasteiger partial charge on any atom is -0.481 e. The van der Waals surface area contributed by atoms with E-state index in [2.05, 4.69) is 4.74 Å². The summed E-state index contributed by atoms with van der Waals surface area (Å²) in [5, 5.41) is 0.772. The van der Waals surface area contributed by atoms with E-state index in [0.717, 1.165) is 27.6 Å². The number of aryl methyl sites for hydroxylation is 3. The van der Waals surface area contributed by atoms with Crippen molar-refractivity contribution in [1.82, 2.24) is 4.57 Å². The van der Waals surface area contributed by atoms with E-state index in [1.54, 1.807) is 23.7 Å². The third-order valence-electron chi connectivity index (χ3n) is 4.84. The lowest BCUT2D eigenvalue weighted by Crippen LogP contribution is -2.24. The van der Waals surface area contributed by atoms with Crippen LogP contribution in [0.3, 0.4) is 0 Å². The second-order valence-corrected chi connectivity index (χ2v) is 6.79. The van der Waals surface area contributed by atoms with Crippen molar-refractivity contribution in [3.63, 3.8) is 0 Å². The zero-order valence-corrected chi connectivity index (χ0v) is 16.3. The molecule has 0 saturated carbocycles. The summed E-state index contributed by atoms with van der Waals surface area (Å²) in [6.07, 6.45) is 0.374. The summed E-state index contributed by atoms with van der Waals surface area (Å²) in [6, 6.07) is 9.85. The molecule has 3 rings (SSSR count). The quantitative estimate of drug-likeness (QED) is 0.634. The fourth-order valence-electron chi connectivity index (χ4n) is 3.32. The molecule has 0 amide bonds. The van der Waals surface area contributed by atoms with Crippen LogP contribution in [0.5, 0.6) is 5.75 Å². The Labute approximate surface area is 162 Å². The predicted octanol–water partition coefficient (Wildman–Crippen LogP) is 3.44. The zero-order chi connectivity index (χ0) is 20.4. The monoisotopic (exact) mass is 383 g/mol. The van der Waals surface area contributed by atoms with Gasteiger partial charge in [0.1, 0.15) is 11.6 Å². The van der Waals surface area contributed by atoms with E-state index in [4.69, 9.17) is 4.74 Å². The van der Waals surface area contributed by atoms with Gasteiger partial charge in [-0.1, -0.05) is 12.1 Å². The fourth-order valence-corrected chi connectivity index (χ4v) is 3.32. The standard InChI is InChI=1S/C22H22FNO4/c1-13-9-18-21(19(10-13)28-12-20(25)27-4)14(2)17(22(26)24(18)3)11-15-5-7-16(23)8-6-15/h5-10H,11-12H2,1-4H3. The largest absolute Gasteiger partial charge is 0.481 e. The first-order valence-corrected chi connectivity index (χ1v) is 8.88. The van der Waals surface area contributed by atoms with E-state index in [1.807, 2.05) is 26.0 Å². The molecule has 0 unspecified atom stereocenters. The van der Waals surface area contributed by atoms with Crippen LogP contribution in [0.1, 0.15) is 22.3 Å². The molecule has 0 aliphatic rings. The summed E-state index contributed by atoms with van der Waals surface area (Å²) in [6.45, 7) is 3.55. The number of ether oxygens (including phenoxy) is 2. The molecule has 1 heterocycles. The summed E-state index contributed by atoms with van der Waals surface area (Å²) in [5.41, 5.74) is 3.75. The SMILES string of the molecule is COC(=O)COc1cc(C)cc2c1c(C)c(Cc1ccc(F)cc1)c(=O)n2C. The minimum atomic E-state index is -0.483. The molecule has 0 atom stereocenters. The second-order valence-electron chi connectivity index (χ2n) is 6.79. The average molecular weight is 383 g/mol. The third-order valence-corrected chi connectivity index (χ3v) is 4.84. The zero-order valence-electron chi connectivity index (χ0n) is 16.3. The Morgan fingerprint density at radius 3 is 2.46 bits per heavy atom. The Balaban J connectivity index is 2.17. The molecule has 3 aromatic rings. The topological polar surface area (TPSA) is 57.5 Å². The Kier molecular flexibility index (Phi) is 5.49. The van der Waals surface area contributed by atoms with Crippen LogP contribution in [0.25, 0.3) is 10.9 Å². The number of aromatic nitrogens is 1. The van der Waals surface area contributed by atoms with Crippen molar-refractivity contribution in [1.29, 1.82) is 0 Å². The van der Waals surface area contributed by atoms with Crippen molar-refractivity contribution >= 4 is 16.9 Å². The number of methoxy groups -OCH3 is 1. The molecule has 146 valence electrons. The lowest BCUT2D eigenvalue weighted by Gasteiger charge is -2.17. The van der Waals surface area contributed by atoms with Crippen LogP contribution in [0, 0.1) is 19.7 Å². The van der Waals surface area contributed by atoms with Gasteiger partial charge in [0.25, 0.3) is 5.56 Å². The highest BCUT2D eigenvalue weighted by molar-refractivity contribution is 5.90. The predicted molar refractivity (Wildman–Crippen MR) is 105 cm³/mol. The van der Waals surface area contributed by atoms with Gasteiger partial charge in [0, 0.05) is 24.4 Å². The number of benzene rings is 2. The maximum atomic E-state index is 13.2. The first kappa shape index (κ1) is 19.6. The maximum Gasteiger partial charge on any atom is 0.343 e. The van der Waals surface area contributed by atoms with Crippen LogP contribution in [-0.4, -0.2) is 24.3 Å². The van der Waals surface area contributed by atoms with Crippen LogP contribution in [0.4, 0.5) is 4.39 Å². The molecule has 0 aliphatic heterocycles. The maximum absolute atomic E-state index is 13.2. The molecule has 1 aromatic heterocycles. The number of rotatable bonds is 5. The molecule has 5 nitrogen and oxygen atoms in total. The van der Waals surface area contributed by atoms with Crippen molar-refractivity contribution in [3.8, 4) is 5.75 Å². The highest BCUT2D eigenvalue weighted by atomic mass is 19.1. The van der Waals surface area contributed by atoms with Gasteiger partial charge in [0.05, 0.1) is 12.6 Å². The van der Waals surface area contributed by atoms with E-state index < -0.39 is 5.97 Å². The molecule has 0 fully saturated rings. The van der Waals surface area contributed by atoms with Crippen LogP contribution in [-0.2, 0) is 23.0 Å². The number of carbonyl (C=O) groups excluding carboxylic acids is 1. The van der Waals surface area contributed by atoms with Crippen molar-refractivity contribution in [2.45, 2.75) is 20.3 Å². The third kappa shape index (κ3) is 3.76. The van der Waals surface area contributed by atoms with Crippen LogP contribution < -0.4 is 10.3 Å². The number of fused-ring (bicyclic) bond motifs is 1. The van der Waals surface area contributed by atoms with E-state index in [0.29, 0.717) is 17.7 Å². The second kappa shape index (κ2) is 7.84. The lowest BCUT2D eigenvalue weighted by molar-refractivity contribution is -0.142. The van der Waals surface area contributed by atoms with Gasteiger partial charge >= 0.3 is 5.97 Å². The summed E-state index contributed by atoms with van der Waals surface area (Å²) < 4.78 is 25.1. The molecular formula is C22H22FNO4. The van der Waals surface area contributed by atoms with Crippen molar-refractivity contribution < 1.29 is 18.7 Å². The molecule has 2 aromatic carbocycles. The summed E-state index contributed by atoms with van der Waals surface area (Å²) in [5.74, 6) is -0.279. The van der Waals surface area contributed by atoms with Gasteiger partial charge < -0.3 is 14.0 Å². The van der Waals surface area contributed by atoms with Crippen LogP contribution >= 0.6 is 0 Å². The van der Waals surface area contributed by atoms with Gasteiger partial charge in [-0.2, -0.15) is 0 Å². The van der Waals surface area contributed by atoms with E-state index in [-0.39, 0.29) is 18.0 Å². The number of carbonyl (C=O) groups is 1. The smallest absolute Gasteiger partial charge is 0.343 e. The number of nitrogens with zero attached hydrogens (tertiary/aromatic N) is 1. The van der Waals surface area contributed by atoms with Gasteiger partial charge in [-0.05, 0) is 54.8 Å². The first-order valence-electron chi connectivity index (χ1n) is 8.88.